The van der Waals surface area contributed by atoms with Gasteiger partial charge in [-0.15, -0.1) is 0 Å². The minimum Gasteiger partial charge on any atom is -0.315 e. The van der Waals surface area contributed by atoms with Crippen LogP contribution in [0.2, 0.25) is 0 Å². The molecule has 1 N–H and O–H groups in total. The zero-order valence-electron chi connectivity index (χ0n) is 14.2. The topological polar surface area (TPSA) is 15.3 Å². The van der Waals surface area contributed by atoms with Gasteiger partial charge in [-0.05, 0) is 56.3 Å². The highest BCUT2D eigenvalue weighted by atomic mass is 15.2. The van der Waals surface area contributed by atoms with Crippen LogP contribution < -0.4 is 5.32 Å². The molecule has 2 unspecified atom stereocenters. The van der Waals surface area contributed by atoms with Crippen LogP contribution in [0.1, 0.15) is 57.7 Å². The highest BCUT2D eigenvalue weighted by Gasteiger charge is 2.26. The van der Waals surface area contributed by atoms with Gasteiger partial charge in [0.15, 0.2) is 0 Å². The van der Waals surface area contributed by atoms with Crippen LogP contribution in [0.15, 0.2) is 24.3 Å². The van der Waals surface area contributed by atoms with E-state index in [0.29, 0.717) is 12.1 Å². The highest BCUT2D eigenvalue weighted by molar-refractivity contribution is 5.25. The maximum Gasteiger partial charge on any atom is 0.0323 e. The first-order valence-electron chi connectivity index (χ1n) is 8.67. The van der Waals surface area contributed by atoms with E-state index in [0.717, 1.165) is 12.5 Å². The van der Waals surface area contributed by atoms with E-state index < -0.39 is 0 Å². The zero-order valence-corrected chi connectivity index (χ0v) is 14.2. The Morgan fingerprint density at radius 2 is 1.90 bits per heavy atom. The van der Waals surface area contributed by atoms with Crippen molar-refractivity contribution in [3.05, 3.63) is 35.4 Å². The molecule has 1 aromatic rings. The van der Waals surface area contributed by atoms with Gasteiger partial charge in [0, 0.05) is 18.6 Å². The van der Waals surface area contributed by atoms with Gasteiger partial charge in [-0.3, -0.25) is 4.90 Å². The van der Waals surface area contributed by atoms with E-state index in [1.807, 2.05) is 0 Å². The van der Waals surface area contributed by atoms with Crippen molar-refractivity contribution < 1.29 is 0 Å². The summed E-state index contributed by atoms with van der Waals surface area (Å²) in [5.41, 5.74) is 2.92. The summed E-state index contributed by atoms with van der Waals surface area (Å²) >= 11 is 0. The molecule has 0 spiro atoms. The van der Waals surface area contributed by atoms with Crippen molar-refractivity contribution in [1.82, 2.24) is 10.2 Å². The van der Waals surface area contributed by atoms with Crippen molar-refractivity contribution in [3.63, 3.8) is 0 Å². The quantitative estimate of drug-likeness (QED) is 0.815. The second-order valence-electron chi connectivity index (χ2n) is 6.90. The molecule has 0 bridgehead atoms. The van der Waals surface area contributed by atoms with Gasteiger partial charge in [-0.1, -0.05) is 45.0 Å². The minimum atomic E-state index is 0.517. The third-order valence-electron chi connectivity index (χ3n) is 4.59. The summed E-state index contributed by atoms with van der Waals surface area (Å²) in [6, 6.07) is 10.5. The predicted molar refractivity (Wildman–Crippen MR) is 91.7 cm³/mol. The fraction of sp³-hybridized carbons (Fsp3) is 0.684. The number of nitrogens with one attached hydrogen (secondary N) is 1. The monoisotopic (exact) mass is 288 g/mol. The van der Waals surface area contributed by atoms with Crippen LogP contribution in [0.5, 0.6) is 0 Å². The Balaban J connectivity index is 2.06. The zero-order chi connectivity index (χ0) is 15.2. The average molecular weight is 288 g/mol. The van der Waals surface area contributed by atoms with Gasteiger partial charge < -0.3 is 5.32 Å². The van der Waals surface area contributed by atoms with E-state index in [1.165, 1.54) is 43.5 Å². The fourth-order valence-corrected chi connectivity index (χ4v) is 3.47. The van der Waals surface area contributed by atoms with Crippen LogP contribution >= 0.6 is 0 Å². The third-order valence-corrected chi connectivity index (χ3v) is 4.59. The van der Waals surface area contributed by atoms with E-state index in [2.05, 4.69) is 62.2 Å². The minimum absolute atomic E-state index is 0.517. The number of benzene rings is 1. The molecule has 0 aliphatic carbocycles. The molecule has 1 saturated heterocycles. The van der Waals surface area contributed by atoms with Crippen LogP contribution in [0, 0.1) is 5.92 Å². The molecule has 2 rings (SSSR count). The van der Waals surface area contributed by atoms with Crippen molar-refractivity contribution >= 4 is 0 Å². The van der Waals surface area contributed by atoms with Crippen LogP contribution in [-0.4, -0.2) is 30.6 Å². The Bertz CT molecular complexity index is 404. The average Bonchev–Trinajstić information content (AvgIpc) is 2.98. The van der Waals surface area contributed by atoms with Gasteiger partial charge in [0.1, 0.15) is 0 Å². The van der Waals surface area contributed by atoms with Crippen LogP contribution in [0.25, 0.3) is 0 Å². The summed E-state index contributed by atoms with van der Waals surface area (Å²) in [4.78, 5) is 2.69. The summed E-state index contributed by atoms with van der Waals surface area (Å²) in [5, 5.41) is 3.51. The molecule has 0 amide bonds. The Morgan fingerprint density at radius 1 is 1.19 bits per heavy atom. The summed E-state index contributed by atoms with van der Waals surface area (Å²) in [7, 11) is 0. The number of hydrogen-bond donors (Lipinski definition) is 1. The Morgan fingerprint density at radius 3 is 2.43 bits per heavy atom. The van der Waals surface area contributed by atoms with Gasteiger partial charge in [-0.25, -0.2) is 0 Å². The SMILES string of the molecule is CCCN(C1CCNC1)C(C)c1ccc(CC(C)C)cc1. The molecular formula is C19H32N2. The second kappa shape index (κ2) is 7.95. The highest BCUT2D eigenvalue weighted by Crippen LogP contribution is 2.25. The maximum absolute atomic E-state index is 3.51. The van der Waals surface area contributed by atoms with Crippen molar-refractivity contribution in [1.29, 1.82) is 0 Å². The van der Waals surface area contributed by atoms with Crippen molar-refractivity contribution in [3.8, 4) is 0 Å². The largest absolute Gasteiger partial charge is 0.315 e. The van der Waals surface area contributed by atoms with E-state index in [1.54, 1.807) is 0 Å². The van der Waals surface area contributed by atoms with Gasteiger partial charge in [0.2, 0.25) is 0 Å². The van der Waals surface area contributed by atoms with Crippen LogP contribution in [-0.2, 0) is 6.42 Å². The summed E-state index contributed by atoms with van der Waals surface area (Å²) in [5.74, 6) is 0.731. The van der Waals surface area contributed by atoms with Crippen molar-refractivity contribution in [2.75, 3.05) is 19.6 Å². The standard InChI is InChI=1S/C19H32N2/c1-5-12-21(19-10-11-20-14-19)16(4)18-8-6-17(7-9-18)13-15(2)3/h6-9,15-16,19-20H,5,10-14H2,1-4H3. The Labute approximate surface area is 130 Å². The molecule has 0 aromatic heterocycles. The molecular weight excluding hydrogens is 256 g/mol. The lowest BCUT2D eigenvalue weighted by Crippen LogP contribution is -2.39. The Kier molecular flexibility index (Phi) is 6.25. The molecule has 0 radical (unpaired) electrons. The lowest BCUT2D eigenvalue weighted by Gasteiger charge is -2.34. The first-order valence-corrected chi connectivity index (χ1v) is 8.67. The number of hydrogen-bond acceptors (Lipinski definition) is 2. The molecule has 1 aromatic carbocycles. The summed E-state index contributed by atoms with van der Waals surface area (Å²) in [6.07, 6.45) is 3.70. The molecule has 2 atom stereocenters. The van der Waals surface area contributed by atoms with Crippen molar-refractivity contribution in [2.45, 2.75) is 59.0 Å². The maximum atomic E-state index is 3.51. The number of nitrogens with zero attached hydrogens (tertiary/aromatic N) is 1. The molecule has 0 saturated carbocycles. The molecule has 1 fully saturated rings. The molecule has 21 heavy (non-hydrogen) atoms. The van der Waals surface area contributed by atoms with Gasteiger partial charge in [0.25, 0.3) is 0 Å². The number of rotatable bonds is 7. The Hall–Kier alpha value is -0.860. The molecule has 2 nitrogen and oxygen atoms in total. The first kappa shape index (κ1) is 16.5. The molecule has 1 heterocycles. The summed E-state index contributed by atoms with van der Waals surface area (Å²) in [6.45, 7) is 12.7. The van der Waals surface area contributed by atoms with E-state index in [9.17, 15) is 0 Å². The molecule has 118 valence electrons. The lowest BCUT2D eigenvalue weighted by atomic mass is 9.98. The van der Waals surface area contributed by atoms with Gasteiger partial charge in [-0.2, -0.15) is 0 Å². The van der Waals surface area contributed by atoms with Crippen molar-refractivity contribution in [2.24, 2.45) is 5.92 Å². The van der Waals surface area contributed by atoms with E-state index in [4.69, 9.17) is 0 Å². The third kappa shape index (κ3) is 4.55. The molecule has 1 aliphatic heterocycles. The van der Waals surface area contributed by atoms with E-state index >= 15 is 0 Å². The summed E-state index contributed by atoms with van der Waals surface area (Å²) < 4.78 is 0. The normalized spacial score (nSPS) is 20.4. The molecule has 1 aliphatic rings. The van der Waals surface area contributed by atoms with Crippen LogP contribution in [0.3, 0.4) is 0 Å². The smallest absolute Gasteiger partial charge is 0.0323 e. The van der Waals surface area contributed by atoms with Gasteiger partial charge >= 0.3 is 0 Å². The fourth-order valence-electron chi connectivity index (χ4n) is 3.47. The predicted octanol–water partition coefficient (Wildman–Crippen LogP) is 4.02. The van der Waals surface area contributed by atoms with Crippen LogP contribution in [0.4, 0.5) is 0 Å². The first-order chi connectivity index (χ1) is 10.1. The van der Waals surface area contributed by atoms with E-state index in [-0.39, 0.29) is 0 Å². The van der Waals surface area contributed by atoms with Gasteiger partial charge in [0.05, 0.1) is 0 Å². The second-order valence-corrected chi connectivity index (χ2v) is 6.90. The lowest BCUT2D eigenvalue weighted by molar-refractivity contribution is 0.153. The molecule has 2 heteroatoms.